The van der Waals surface area contributed by atoms with E-state index in [9.17, 15) is 9.90 Å². The number of fused-ring (bicyclic) bond motifs is 1. The summed E-state index contributed by atoms with van der Waals surface area (Å²) in [4.78, 5) is 11.3. The first kappa shape index (κ1) is 18.3. The summed E-state index contributed by atoms with van der Waals surface area (Å²) >= 11 is 0. The van der Waals surface area contributed by atoms with E-state index in [0.717, 1.165) is 35.3 Å². The van der Waals surface area contributed by atoms with Gasteiger partial charge in [0.1, 0.15) is 5.75 Å². The molecule has 0 spiro atoms. The van der Waals surface area contributed by atoms with E-state index in [-0.39, 0.29) is 17.6 Å². The second-order valence-electron chi connectivity index (χ2n) is 7.98. The van der Waals surface area contributed by atoms with Gasteiger partial charge in [-0.1, -0.05) is 44.2 Å². The highest BCUT2D eigenvalue weighted by atomic mass is 16.5. The van der Waals surface area contributed by atoms with Crippen molar-refractivity contribution in [3.05, 3.63) is 53.6 Å². The molecule has 138 valence electrons. The van der Waals surface area contributed by atoms with Crippen LogP contribution in [0.1, 0.15) is 51.3 Å². The molecule has 4 nitrogen and oxygen atoms in total. The van der Waals surface area contributed by atoms with Crippen molar-refractivity contribution in [2.75, 3.05) is 0 Å². The predicted molar refractivity (Wildman–Crippen MR) is 104 cm³/mol. The van der Waals surface area contributed by atoms with E-state index in [1.165, 1.54) is 5.56 Å². The second-order valence-corrected chi connectivity index (χ2v) is 7.98. The van der Waals surface area contributed by atoms with E-state index >= 15 is 0 Å². The summed E-state index contributed by atoms with van der Waals surface area (Å²) in [5.41, 5.74) is 4.45. The van der Waals surface area contributed by atoms with Gasteiger partial charge in [-0.2, -0.15) is 0 Å². The molecule has 0 saturated carbocycles. The number of rotatable bonds is 4. The highest BCUT2D eigenvalue weighted by Crippen LogP contribution is 2.44. The summed E-state index contributed by atoms with van der Waals surface area (Å²) in [5, 5.41) is 11.9. The molecule has 3 rings (SSSR count). The van der Waals surface area contributed by atoms with E-state index in [1.54, 1.807) is 0 Å². The summed E-state index contributed by atoms with van der Waals surface area (Å²) < 4.78 is 5.80. The van der Waals surface area contributed by atoms with Crippen LogP contribution in [-0.4, -0.2) is 17.3 Å². The molecule has 0 bridgehead atoms. The molecule has 0 heterocycles. The fraction of sp³-hybridized carbons (Fsp3) is 0.409. The minimum absolute atomic E-state index is 0.0993. The van der Waals surface area contributed by atoms with Crippen LogP contribution in [0.5, 0.6) is 5.75 Å². The van der Waals surface area contributed by atoms with Crippen molar-refractivity contribution >= 4 is 6.09 Å². The number of aryl methyl sites for hydroxylation is 1. The van der Waals surface area contributed by atoms with E-state index in [1.807, 2.05) is 26.0 Å². The zero-order valence-corrected chi connectivity index (χ0v) is 15.9. The highest BCUT2D eigenvalue weighted by molar-refractivity contribution is 5.68. The van der Waals surface area contributed by atoms with Crippen LogP contribution in [0.3, 0.4) is 0 Å². The standard InChI is InChI=1S/C22H27NO3/c1-14(2)26-18-7-5-6-15(13-18)16-8-9-19-17(12-16)10-11-22(3,4)20(19)23-21(24)25/h5-9,12-14,20,23H,10-11H2,1-4H3,(H,24,25)/t20-/m1/s1. The molecule has 0 unspecified atom stereocenters. The van der Waals surface area contributed by atoms with Crippen molar-refractivity contribution < 1.29 is 14.6 Å². The molecule has 0 aromatic heterocycles. The van der Waals surface area contributed by atoms with Crippen LogP contribution < -0.4 is 10.1 Å². The number of benzene rings is 2. The largest absolute Gasteiger partial charge is 0.491 e. The lowest BCUT2D eigenvalue weighted by Crippen LogP contribution is -2.40. The Morgan fingerprint density at radius 2 is 1.92 bits per heavy atom. The molecular weight excluding hydrogens is 326 g/mol. The maximum atomic E-state index is 11.3. The van der Waals surface area contributed by atoms with Crippen molar-refractivity contribution in [3.8, 4) is 16.9 Å². The summed E-state index contributed by atoms with van der Waals surface area (Å²) in [5.74, 6) is 0.863. The maximum absolute atomic E-state index is 11.3. The fourth-order valence-corrected chi connectivity index (χ4v) is 3.72. The van der Waals surface area contributed by atoms with E-state index in [2.05, 4.69) is 49.5 Å². The maximum Gasteiger partial charge on any atom is 0.405 e. The van der Waals surface area contributed by atoms with Gasteiger partial charge < -0.3 is 15.2 Å². The normalized spacial score (nSPS) is 18.3. The van der Waals surface area contributed by atoms with Crippen LogP contribution in [0.15, 0.2) is 42.5 Å². The van der Waals surface area contributed by atoms with Gasteiger partial charge in [0.15, 0.2) is 0 Å². The van der Waals surface area contributed by atoms with Crippen molar-refractivity contribution in [3.63, 3.8) is 0 Å². The van der Waals surface area contributed by atoms with Gasteiger partial charge in [-0.05, 0) is 66.5 Å². The number of nitrogens with one attached hydrogen (secondary N) is 1. The first-order valence-corrected chi connectivity index (χ1v) is 9.15. The van der Waals surface area contributed by atoms with Gasteiger partial charge in [-0.25, -0.2) is 4.79 Å². The number of hydrogen-bond donors (Lipinski definition) is 2. The Morgan fingerprint density at radius 1 is 1.19 bits per heavy atom. The third-order valence-electron chi connectivity index (χ3n) is 5.08. The lowest BCUT2D eigenvalue weighted by Gasteiger charge is -2.40. The van der Waals surface area contributed by atoms with Crippen molar-refractivity contribution in [1.29, 1.82) is 0 Å². The Kier molecular flexibility index (Phi) is 4.94. The van der Waals surface area contributed by atoms with Gasteiger partial charge in [0.2, 0.25) is 0 Å². The molecule has 0 aliphatic heterocycles. The number of carboxylic acid groups (broad SMARTS) is 1. The third kappa shape index (κ3) is 3.85. The summed E-state index contributed by atoms with van der Waals surface area (Å²) in [6.07, 6.45) is 1.07. The van der Waals surface area contributed by atoms with Gasteiger partial charge in [0.25, 0.3) is 0 Å². The van der Waals surface area contributed by atoms with E-state index in [4.69, 9.17) is 4.74 Å². The fourth-order valence-electron chi connectivity index (χ4n) is 3.72. The van der Waals surface area contributed by atoms with Crippen molar-refractivity contribution in [2.24, 2.45) is 5.41 Å². The Bertz CT molecular complexity index is 811. The van der Waals surface area contributed by atoms with Crippen LogP contribution >= 0.6 is 0 Å². The third-order valence-corrected chi connectivity index (χ3v) is 5.08. The topological polar surface area (TPSA) is 58.6 Å². The molecule has 1 atom stereocenters. The zero-order chi connectivity index (χ0) is 18.9. The van der Waals surface area contributed by atoms with Crippen molar-refractivity contribution in [1.82, 2.24) is 5.32 Å². The Hall–Kier alpha value is -2.49. The molecular formula is C22H27NO3. The molecule has 26 heavy (non-hydrogen) atoms. The first-order valence-electron chi connectivity index (χ1n) is 9.15. The van der Waals surface area contributed by atoms with Crippen LogP contribution in [0.2, 0.25) is 0 Å². The van der Waals surface area contributed by atoms with Crippen molar-refractivity contribution in [2.45, 2.75) is 52.7 Å². The lowest BCUT2D eigenvalue weighted by molar-refractivity contribution is 0.161. The quantitative estimate of drug-likeness (QED) is 0.771. The Morgan fingerprint density at radius 3 is 2.62 bits per heavy atom. The Balaban J connectivity index is 1.96. The SMILES string of the molecule is CC(C)Oc1cccc(-c2ccc3c(c2)CCC(C)(C)[C@@H]3NC(=O)O)c1. The number of hydrogen-bond acceptors (Lipinski definition) is 2. The Labute approximate surface area is 155 Å². The molecule has 4 heteroatoms. The molecule has 0 fully saturated rings. The monoisotopic (exact) mass is 353 g/mol. The number of amides is 1. The molecule has 2 aromatic rings. The minimum Gasteiger partial charge on any atom is -0.491 e. The average Bonchev–Trinajstić information content (AvgIpc) is 2.56. The average molecular weight is 353 g/mol. The molecule has 2 N–H and O–H groups in total. The zero-order valence-electron chi connectivity index (χ0n) is 15.9. The number of ether oxygens (including phenoxy) is 1. The predicted octanol–water partition coefficient (Wildman–Crippen LogP) is 5.42. The second kappa shape index (κ2) is 7.02. The van der Waals surface area contributed by atoms with Gasteiger partial charge in [0, 0.05) is 0 Å². The van der Waals surface area contributed by atoms with Crippen LogP contribution in [0.25, 0.3) is 11.1 Å². The molecule has 2 aromatic carbocycles. The van der Waals surface area contributed by atoms with Gasteiger partial charge >= 0.3 is 6.09 Å². The van der Waals surface area contributed by atoms with E-state index in [0.29, 0.717) is 0 Å². The molecule has 0 radical (unpaired) electrons. The van der Waals surface area contributed by atoms with E-state index < -0.39 is 6.09 Å². The summed E-state index contributed by atoms with van der Waals surface area (Å²) in [6.45, 7) is 8.28. The van der Waals surface area contributed by atoms with Gasteiger partial charge in [0.05, 0.1) is 12.1 Å². The molecule has 1 aliphatic carbocycles. The van der Waals surface area contributed by atoms with Crippen LogP contribution in [-0.2, 0) is 6.42 Å². The molecule has 1 aliphatic rings. The van der Waals surface area contributed by atoms with Gasteiger partial charge in [-0.15, -0.1) is 0 Å². The highest BCUT2D eigenvalue weighted by Gasteiger charge is 2.37. The first-order chi connectivity index (χ1) is 12.3. The molecule has 1 amide bonds. The smallest absolute Gasteiger partial charge is 0.405 e. The summed E-state index contributed by atoms with van der Waals surface area (Å²) in [6, 6.07) is 14.3. The van der Waals surface area contributed by atoms with Crippen LogP contribution in [0, 0.1) is 5.41 Å². The van der Waals surface area contributed by atoms with Crippen LogP contribution in [0.4, 0.5) is 4.79 Å². The molecule has 0 saturated heterocycles. The summed E-state index contributed by atoms with van der Waals surface area (Å²) in [7, 11) is 0. The lowest BCUT2D eigenvalue weighted by atomic mass is 9.70. The minimum atomic E-state index is -0.974. The van der Waals surface area contributed by atoms with Gasteiger partial charge in [-0.3, -0.25) is 0 Å². The number of carbonyl (C=O) groups is 1.